The maximum Gasteiger partial charge on any atom is 0.222 e. The molecule has 0 aromatic carbocycles. The van der Waals surface area contributed by atoms with Gasteiger partial charge in [-0.2, -0.15) is 5.10 Å². The van der Waals surface area contributed by atoms with Crippen LogP contribution in [-0.4, -0.2) is 62.4 Å². The zero-order valence-corrected chi connectivity index (χ0v) is 19.4. The van der Waals surface area contributed by atoms with Crippen LogP contribution in [0.1, 0.15) is 74.5 Å². The van der Waals surface area contributed by atoms with E-state index in [0.717, 1.165) is 67.3 Å². The molecule has 7 nitrogen and oxygen atoms in total. The molecule has 2 aliphatic rings. The number of carbonyl (C=O) groups excluding carboxylic acids is 2. The third-order valence-electron chi connectivity index (χ3n) is 7.04. The van der Waals surface area contributed by atoms with Crippen LogP contribution in [0.25, 0.3) is 5.65 Å². The maximum absolute atomic E-state index is 12.7. The van der Waals surface area contributed by atoms with Crippen molar-refractivity contribution in [2.24, 2.45) is 5.92 Å². The van der Waals surface area contributed by atoms with Crippen molar-refractivity contribution in [3.05, 3.63) is 28.7 Å². The third-order valence-corrected chi connectivity index (χ3v) is 7.04. The highest BCUT2D eigenvalue weighted by molar-refractivity contribution is 5.77. The van der Waals surface area contributed by atoms with Gasteiger partial charge in [-0.15, -0.1) is 0 Å². The molecule has 168 valence electrons. The highest BCUT2D eigenvalue weighted by Crippen LogP contribution is 2.28. The highest BCUT2D eigenvalue weighted by atomic mass is 16.2. The number of aryl methyl sites for hydroxylation is 2. The van der Waals surface area contributed by atoms with E-state index in [2.05, 4.69) is 19.9 Å². The first kappa shape index (κ1) is 21.8. The van der Waals surface area contributed by atoms with Crippen LogP contribution in [0.4, 0.5) is 0 Å². The lowest BCUT2D eigenvalue weighted by molar-refractivity contribution is -0.133. The summed E-state index contributed by atoms with van der Waals surface area (Å²) in [5.41, 5.74) is 5.02. The van der Waals surface area contributed by atoms with E-state index in [1.807, 2.05) is 28.2 Å². The van der Waals surface area contributed by atoms with Gasteiger partial charge < -0.3 is 9.80 Å². The summed E-state index contributed by atoms with van der Waals surface area (Å²) in [7, 11) is 0. The van der Waals surface area contributed by atoms with Gasteiger partial charge in [-0.1, -0.05) is 13.8 Å². The van der Waals surface area contributed by atoms with Gasteiger partial charge in [0.1, 0.15) is 0 Å². The van der Waals surface area contributed by atoms with Crippen molar-refractivity contribution in [3.8, 4) is 0 Å². The quantitative estimate of drug-likeness (QED) is 0.737. The molecule has 0 N–H and O–H groups in total. The fraction of sp³-hybridized carbons (Fsp3) is 0.667. The van der Waals surface area contributed by atoms with Crippen molar-refractivity contribution in [2.75, 3.05) is 26.2 Å². The monoisotopic (exact) mass is 425 g/mol. The Bertz CT molecular complexity index is 982. The summed E-state index contributed by atoms with van der Waals surface area (Å²) in [6, 6.07) is 2.06. The van der Waals surface area contributed by atoms with Crippen molar-refractivity contribution in [2.45, 2.75) is 72.1 Å². The molecule has 2 aromatic heterocycles. The Morgan fingerprint density at radius 1 is 1.10 bits per heavy atom. The van der Waals surface area contributed by atoms with Gasteiger partial charge in [-0.25, -0.2) is 9.50 Å². The Kier molecular flexibility index (Phi) is 6.30. The molecule has 0 radical (unpaired) electrons. The molecule has 0 saturated carbocycles. The van der Waals surface area contributed by atoms with Crippen molar-refractivity contribution >= 4 is 17.5 Å². The summed E-state index contributed by atoms with van der Waals surface area (Å²) in [5, 5.41) is 4.86. The minimum atomic E-state index is 0.214. The van der Waals surface area contributed by atoms with Crippen molar-refractivity contribution in [1.82, 2.24) is 24.4 Å². The maximum atomic E-state index is 12.7. The van der Waals surface area contributed by atoms with Gasteiger partial charge in [-0.3, -0.25) is 9.59 Å². The predicted octanol–water partition coefficient (Wildman–Crippen LogP) is 3.26. The molecule has 31 heavy (non-hydrogen) atoms. The van der Waals surface area contributed by atoms with Gasteiger partial charge in [0, 0.05) is 62.4 Å². The van der Waals surface area contributed by atoms with Gasteiger partial charge >= 0.3 is 0 Å². The number of amides is 2. The lowest BCUT2D eigenvalue weighted by Crippen LogP contribution is -2.39. The van der Waals surface area contributed by atoms with Crippen molar-refractivity contribution in [1.29, 1.82) is 0 Å². The van der Waals surface area contributed by atoms with Crippen LogP contribution in [-0.2, 0) is 16.0 Å². The second-order valence-corrected chi connectivity index (χ2v) is 9.37. The number of nitrogens with zero attached hydrogens (tertiary/aromatic N) is 5. The van der Waals surface area contributed by atoms with Crippen LogP contribution in [0.2, 0.25) is 0 Å². The minimum absolute atomic E-state index is 0.214. The SMILES string of the molecule is CCC(=O)N1CCC(c2cc3nc(C)c(CCC(=O)N4CCCC(C)C4)c(C)n3n2)C1. The van der Waals surface area contributed by atoms with Gasteiger partial charge in [0.2, 0.25) is 11.8 Å². The van der Waals surface area contributed by atoms with Crippen molar-refractivity contribution in [3.63, 3.8) is 0 Å². The molecule has 2 fully saturated rings. The number of hydrogen-bond donors (Lipinski definition) is 0. The summed E-state index contributed by atoms with van der Waals surface area (Å²) in [4.78, 5) is 33.5. The van der Waals surface area contributed by atoms with Gasteiger partial charge in [0.25, 0.3) is 0 Å². The molecular formula is C24H35N5O2. The smallest absolute Gasteiger partial charge is 0.222 e. The molecule has 4 rings (SSSR count). The number of piperidine rings is 1. The van der Waals surface area contributed by atoms with Crippen LogP contribution in [0.3, 0.4) is 0 Å². The number of hydrogen-bond acceptors (Lipinski definition) is 4. The Labute approximate surface area is 184 Å². The first-order valence-electron chi connectivity index (χ1n) is 11.8. The molecular weight excluding hydrogens is 390 g/mol. The van der Waals surface area contributed by atoms with Crippen LogP contribution >= 0.6 is 0 Å². The Hall–Kier alpha value is -2.44. The largest absolute Gasteiger partial charge is 0.342 e. The first-order chi connectivity index (χ1) is 14.9. The predicted molar refractivity (Wildman–Crippen MR) is 120 cm³/mol. The van der Waals surface area contributed by atoms with E-state index < -0.39 is 0 Å². The molecule has 0 bridgehead atoms. The fourth-order valence-corrected chi connectivity index (χ4v) is 5.16. The minimum Gasteiger partial charge on any atom is -0.342 e. The zero-order chi connectivity index (χ0) is 22.1. The average molecular weight is 426 g/mol. The van der Waals surface area contributed by atoms with E-state index in [0.29, 0.717) is 25.2 Å². The van der Waals surface area contributed by atoms with E-state index in [9.17, 15) is 9.59 Å². The Morgan fingerprint density at radius 2 is 1.87 bits per heavy atom. The lowest BCUT2D eigenvalue weighted by atomic mass is 9.99. The second-order valence-electron chi connectivity index (χ2n) is 9.37. The number of rotatable bonds is 5. The van der Waals surface area contributed by atoms with E-state index in [1.165, 1.54) is 6.42 Å². The van der Waals surface area contributed by atoms with Crippen LogP contribution in [0.15, 0.2) is 6.07 Å². The first-order valence-corrected chi connectivity index (χ1v) is 11.8. The van der Waals surface area contributed by atoms with Crippen LogP contribution in [0, 0.1) is 19.8 Å². The van der Waals surface area contributed by atoms with Gasteiger partial charge in [0.05, 0.1) is 5.69 Å². The average Bonchev–Trinajstić information content (AvgIpc) is 3.40. The van der Waals surface area contributed by atoms with E-state index in [1.54, 1.807) is 0 Å². The normalized spacial score (nSPS) is 21.8. The zero-order valence-electron chi connectivity index (χ0n) is 19.4. The molecule has 2 aliphatic heterocycles. The van der Waals surface area contributed by atoms with Crippen molar-refractivity contribution < 1.29 is 9.59 Å². The highest BCUT2D eigenvalue weighted by Gasteiger charge is 2.29. The molecule has 4 heterocycles. The fourth-order valence-electron chi connectivity index (χ4n) is 5.16. The summed E-state index contributed by atoms with van der Waals surface area (Å²) < 4.78 is 1.93. The number of carbonyl (C=O) groups is 2. The van der Waals surface area contributed by atoms with Crippen LogP contribution in [0.5, 0.6) is 0 Å². The van der Waals surface area contributed by atoms with E-state index in [4.69, 9.17) is 10.1 Å². The van der Waals surface area contributed by atoms with E-state index in [-0.39, 0.29) is 17.7 Å². The molecule has 7 heteroatoms. The van der Waals surface area contributed by atoms with E-state index >= 15 is 0 Å². The topological polar surface area (TPSA) is 70.8 Å². The standard InChI is InChI=1S/C24H35N5O2/c1-5-23(30)28-12-10-19(15-28)21-13-22-25-17(3)20(18(4)29(22)26-21)8-9-24(31)27-11-6-7-16(2)14-27/h13,16,19H,5-12,14-15H2,1-4H3. The molecule has 2 saturated heterocycles. The van der Waals surface area contributed by atoms with Gasteiger partial charge in [-0.05, 0) is 51.0 Å². The number of aromatic nitrogens is 3. The van der Waals surface area contributed by atoms with Gasteiger partial charge in [0.15, 0.2) is 5.65 Å². The second kappa shape index (κ2) is 8.97. The molecule has 2 amide bonds. The van der Waals surface area contributed by atoms with Crippen LogP contribution < -0.4 is 0 Å². The molecule has 2 atom stereocenters. The Balaban J connectivity index is 1.49. The number of fused-ring (bicyclic) bond motifs is 1. The Morgan fingerprint density at radius 3 is 2.61 bits per heavy atom. The molecule has 2 unspecified atom stereocenters. The molecule has 2 aromatic rings. The molecule has 0 spiro atoms. The summed E-state index contributed by atoms with van der Waals surface area (Å²) >= 11 is 0. The lowest BCUT2D eigenvalue weighted by Gasteiger charge is -2.31. The molecule has 0 aliphatic carbocycles. The summed E-state index contributed by atoms with van der Waals surface area (Å²) in [5.74, 6) is 1.33. The summed E-state index contributed by atoms with van der Waals surface area (Å²) in [6.45, 7) is 11.6. The summed E-state index contributed by atoms with van der Waals surface area (Å²) in [6.07, 6.45) is 5.04. The number of likely N-dealkylation sites (tertiary alicyclic amines) is 2. The third kappa shape index (κ3) is 4.46.